The quantitative estimate of drug-likeness (QED) is 0.300. The van der Waals surface area contributed by atoms with Gasteiger partial charge >= 0.3 is 0 Å². The number of likely N-dealkylation sites (N-methyl/N-ethyl adjacent to an activating group) is 1. The Bertz CT molecular complexity index is 1020. The van der Waals surface area contributed by atoms with E-state index in [0.717, 1.165) is 40.3 Å². The van der Waals surface area contributed by atoms with Crippen molar-refractivity contribution in [3.63, 3.8) is 0 Å². The molecule has 3 rings (SSSR count). The summed E-state index contributed by atoms with van der Waals surface area (Å²) in [6, 6.07) is 9.41. The smallest absolute Gasteiger partial charge is 0.207 e. The van der Waals surface area contributed by atoms with Gasteiger partial charge in [-0.1, -0.05) is 13.0 Å². The topological polar surface area (TPSA) is 79.5 Å². The van der Waals surface area contributed by atoms with Crippen LogP contribution in [-0.4, -0.2) is 33.2 Å². The van der Waals surface area contributed by atoms with E-state index in [1.54, 1.807) is 24.5 Å². The van der Waals surface area contributed by atoms with E-state index in [-0.39, 0.29) is 5.43 Å². The Labute approximate surface area is 161 Å². The van der Waals surface area contributed by atoms with Crippen LogP contribution < -0.4 is 26.1 Å². The number of nitrogens with one attached hydrogen (secondary N) is 3. The predicted octanol–water partition coefficient (Wildman–Crippen LogP) is 2.69. The van der Waals surface area contributed by atoms with Gasteiger partial charge in [-0.2, -0.15) is 0 Å². The molecular formula is C20H23N3O3S. The summed E-state index contributed by atoms with van der Waals surface area (Å²) in [6.45, 7) is 4.87. The standard InChI is InChI=1S/C20H23N3O3S/c1-3-21-8-9-23-16-6-4-13(11-22-12-24)20-18(16)19(25)15-10-14(26-2)5-7-17(15)27-20/h4-7,10,12,21,23H,3,8-9,11H2,1-2H3,(H,22,24). The molecule has 7 heteroatoms. The van der Waals surface area contributed by atoms with Crippen LogP contribution in [0.15, 0.2) is 35.1 Å². The van der Waals surface area contributed by atoms with E-state index in [9.17, 15) is 9.59 Å². The fourth-order valence-electron chi connectivity index (χ4n) is 3.02. The molecule has 6 nitrogen and oxygen atoms in total. The highest BCUT2D eigenvalue weighted by atomic mass is 32.1. The molecular weight excluding hydrogens is 362 g/mol. The Kier molecular flexibility index (Phi) is 6.26. The molecule has 27 heavy (non-hydrogen) atoms. The summed E-state index contributed by atoms with van der Waals surface area (Å²) in [6.07, 6.45) is 0.670. The molecule has 1 heterocycles. The third-order valence-electron chi connectivity index (χ3n) is 4.35. The van der Waals surface area contributed by atoms with Crippen molar-refractivity contribution >= 4 is 43.6 Å². The fraction of sp³-hybridized carbons (Fsp3) is 0.300. The fourth-order valence-corrected chi connectivity index (χ4v) is 4.21. The first-order chi connectivity index (χ1) is 13.2. The average molecular weight is 385 g/mol. The molecule has 0 unspecified atom stereocenters. The van der Waals surface area contributed by atoms with Crippen molar-refractivity contribution in [1.29, 1.82) is 0 Å². The molecule has 0 aliphatic rings. The lowest BCUT2D eigenvalue weighted by molar-refractivity contribution is -0.109. The molecule has 0 atom stereocenters. The van der Waals surface area contributed by atoms with E-state index < -0.39 is 0 Å². The van der Waals surface area contributed by atoms with Crippen LogP contribution in [0.4, 0.5) is 5.69 Å². The van der Waals surface area contributed by atoms with Gasteiger partial charge in [0.2, 0.25) is 6.41 Å². The SMILES string of the molecule is CCNCCNc1ccc(CNC=O)c2sc3ccc(OC)cc3c(=O)c12. The van der Waals surface area contributed by atoms with Crippen molar-refractivity contribution in [2.75, 3.05) is 32.1 Å². The van der Waals surface area contributed by atoms with Gasteiger partial charge in [-0.3, -0.25) is 9.59 Å². The molecule has 0 saturated heterocycles. The van der Waals surface area contributed by atoms with E-state index in [2.05, 4.69) is 22.9 Å². The monoisotopic (exact) mass is 385 g/mol. The van der Waals surface area contributed by atoms with Gasteiger partial charge in [0.1, 0.15) is 5.75 Å². The van der Waals surface area contributed by atoms with Gasteiger partial charge in [0.05, 0.1) is 12.5 Å². The van der Waals surface area contributed by atoms with Crippen molar-refractivity contribution in [3.05, 3.63) is 46.1 Å². The van der Waals surface area contributed by atoms with Crippen LogP contribution in [-0.2, 0) is 11.3 Å². The Morgan fingerprint density at radius 3 is 2.78 bits per heavy atom. The number of methoxy groups -OCH3 is 1. The van der Waals surface area contributed by atoms with Crippen LogP contribution >= 0.6 is 11.3 Å². The summed E-state index contributed by atoms with van der Waals surface area (Å²) in [7, 11) is 1.59. The number of amides is 1. The van der Waals surface area contributed by atoms with Crippen molar-refractivity contribution in [2.24, 2.45) is 0 Å². The maximum atomic E-state index is 13.3. The normalized spacial score (nSPS) is 10.9. The van der Waals surface area contributed by atoms with E-state index in [1.807, 2.05) is 24.3 Å². The third kappa shape index (κ3) is 4.04. The number of hydrogen-bond donors (Lipinski definition) is 3. The van der Waals surface area contributed by atoms with Crippen LogP contribution in [0.3, 0.4) is 0 Å². The molecule has 0 saturated carbocycles. The Hall–Kier alpha value is -2.64. The van der Waals surface area contributed by atoms with Gasteiger partial charge in [0.25, 0.3) is 0 Å². The Morgan fingerprint density at radius 2 is 2.04 bits per heavy atom. The number of hydrogen-bond acceptors (Lipinski definition) is 6. The van der Waals surface area contributed by atoms with Crippen molar-refractivity contribution in [3.8, 4) is 5.75 Å². The lowest BCUT2D eigenvalue weighted by Crippen LogP contribution is -2.22. The molecule has 142 valence electrons. The molecule has 3 aromatic rings. The molecule has 0 spiro atoms. The van der Waals surface area contributed by atoms with Crippen LogP contribution in [0.1, 0.15) is 12.5 Å². The van der Waals surface area contributed by atoms with Crippen LogP contribution in [0.2, 0.25) is 0 Å². The zero-order chi connectivity index (χ0) is 19.2. The van der Waals surface area contributed by atoms with Crippen molar-refractivity contribution in [2.45, 2.75) is 13.5 Å². The largest absolute Gasteiger partial charge is 0.497 e. The van der Waals surface area contributed by atoms with E-state index >= 15 is 0 Å². The van der Waals surface area contributed by atoms with Crippen LogP contribution in [0.25, 0.3) is 20.2 Å². The Morgan fingerprint density at radius 1 is 1.19 bits per heavy atom. The maximum Gasteiger partial charge on any atom is 0.207 e. The first-order valence-electron chi connectivity index (χ1n) is 8.87. The minimum Gasteiger partial charge on any atom is -0.497 e. The second kappa shape index (κ2) is 8.83. The molecule has 0 bridgehead atoms. The second-order valence-electron chi connectivity index (χ2n) is 6.05. The summed E-state index contributed by atoms with van der Waals surface area (Å²) >= 11 is 1.55. The van der Waals surface area contributed by atoms with Gasteiger partial charge < -0.3 is 20.7 Å². The minimum absolute atomic E-state index is 0.0310. The van der Waals surface area contributed by atoms with E-state index in [1.165, 1.54) is 0 Å². The van der Waals surface area contributed by atoms with Gasteiger partial charge in [0.15, 0.2) is 5.43 Å². The summed E-state index contributed by atoms with van der Waals surface area (Å²) in [5.41, 5.74) is 1.70. The highest BCUT2D eigenvalue weighted by molar-refractivity contribution is 7.24. The van der Waals surface area contributed by atoms with Gasteiger partial charge in [0, 0.05) is 40.1 Å². The molecule has 3 N–H and O–H groups in total. The summed E-state index contributed by atoms with van der Waals surface area (Å²) in [5.74, 6) is 0.659. The molecule has 1 amide bonds. The number of fused-ring (bicyclic) bond motifs is 2. The lowest BCUT2D eigenvalue weighted by Gasteiger charge is -2.13. The highest BCUT2D eigenvalue weighted by Crippen LogP contribution is 2.33. The predicted molar refractivity (Wildman–Crippen MR) is 112 cm³/mol. The number of anilines is 1. The Balaban J connectivity index is 2.18. The van der Waals surface area contributed by atoms with Gasteiger partial charge in [-0.05, 0) is 36.4 Å². The summed E-state index contributed by atoms with van der Waals surface area (Å²) in [5, 5.41) is 10.6. The van der Waals surface area contributed by atoms with Crippen LogP contribution in [0.5, 0.6) is 5.75 Å². The van der Waals surface area contributed by atoms with Crippen molar-refractivity contribution in [1.82, 2.24) is 10.6 Å². The van der Waals surface area contributed by atoms with E-state index in [4.69, 9.17) is 4.74 Å². The lowest BCUT2D eigenvalue weighted by atomic mass is 10.1. The minimum atomic E-state index is -0.0310. The molecule has 2 aromatic carbocycles. The van der Waals surface area contributed by atoms with E-state index in [0.29, 0.717) is 29.5 Å². The summed E-state index contributed by atoms with van der Waals surface area (Å²) < 4.78 is 7.06. The maximum absolute atomic E-state index is 13.3. The highest BCUT2D eigenvalue weighted by Gasteiger charge is 2.14. The molecule has 0 radical (unpaired) electrons. The molecule has 1 aromatic heterocycles. The number of benzene rings is 2. The van der Waals surface area contributed by atoms with Gasteiger partial charge in [-0.15, -0.1) is 11.3 Å². The molecule has 0 aliphatic heterocycles. The average Bonchev–Trinajstić information content (AvgIpc) is 2.70. The number of carbonyl (C=O) groups is 1. The molecule has 0 fully saturated rings. The first kappa shape index (κ1) is 19.1. The number of ether oxygens (including phenoxy) is 1. The first-order valence-corrected chi connectivity index (χ1v) is 9.69. The second-order valence-corrected chi connectivity index (χ2v) is 7.10. The number of rotatable bonds is 9. The van der Waals surface area contributed by atoms with Crippen molar-refractivity contribution < 1.29 is 9.53 Å². The van der Waals surface area contributed by atoms with Gasteiger partial charge in [-0.25, -0.2) is 0 Å². The third-order valence-corrected chi connectivity index (χ3v) is 5.60. The molecule has 0 aliphatic carbocycles. The summed E-state index contributed by atoms with van der Waals surface area (Å²) in [4.78, 5) is 24.0. The zero-order valence-corrected chi connectivity index (χ0v) is 16.2. The number of carbonyl (C=O) groups excluding carboxylic acids is 1. The van der Waals surface area contributed by atoms with Crippen LogP contribution in [0, 0.1) is 0 Å². The zero-order valence-electron chi connectivity index (χ0n) is 15.4.